The third kappa shape index (κ3) is 3.04. The maximum Gasteiger partial charge on any atom is 0.493 e. The van der Waals surface area contributed by atoms with Crippen LogP contribution in [-0.2, 0) is 11.3 Å². The molecule has 0 fully saturated rings. The molecule has 16 heteroatoms. The zero-order valence-corrected chi connectivity index (χ0v) is 11.0. The summed E-state index contributed by atoms with van der Waals surface area (Å²) in [5.41, 5.74) is -1.64. The Kier molecular flexibility index (Phi) is 3.88. The summed E-state index contributed by atoms with van der Waals surface area (Å²) in [6.45, 7) is 0.566. The molecule has 0 N–H and O–H groups in total. The predicted octanol–water partition coefficient (Wildman–Crippen LogP) is -0.351. The van der Waals surface area contributed by atoms with E-state index in [1.165, 1.54) is 0 Å². The Labute approximate surface area is 123 Å². The van der Waals surface area contributed by atoms with Crippen LogP contribution in [-0.4, -0.2) is 45.3 Å². The zero-order chi connectivity index (χ0) is 17.3. The fourth-order valence-corrected chi connectivity index (χ4v) is 1.51. The Bertz CT molecular complexity index is 798. The molecular formula is C7H5F2N9O5. The normalized spacial score (nSPS) is 10.6. The van der Waals surface area contributed by atoms with Gasteiger partial charge in [0.2, 0.25) is 0 Å². The third-order valence-corrected chi connectivity index (χ3v) is 2.28. The largest absolute Gasteiger partial charge is 0.493 e. The molecule has 0 unspecified atom stereocenters. The van der Waals surface area contributed by atoms with Crippen LogP contribution >= 0.6 is 0 Å². The third-order valence-electron chi connectivity index (χ3n) is 2.28. The summed E-state index contributed by atoms with van der Waals surface area (Å²) < 4.78 is 26.1. The molecule has 0 aromatic carbocycles. The van der Waals surface area contributed by atoms with Crippen molar-refractivity contribution >= 4 is 17.7 Å². The van der Waals surface area contributed by atoms with E-state index < -0.39 is 51.2 Å². The minimum Gasteiger partial charge on any atom is -0.390 e. The van der Waals surface area contributed by atoms with Crippen molar-refractivity contribution in [3.8, 4) is 11.6 Å². The lowest BCUT2D eigenvalue weighted by molar-refractivity contribution is -0.394. The van der Waals surface area contributed by atoms with E-state index in [1.54, 1.807) is 0 Å². The van der Waals surface area contributed by atoms with Crippen LogP contribution < -0.4 is 5.45 Å². The molecule has 2 rings (SSSR count). The summed E-state index contributed by atoms with van der Waals surface area (Å²) in [6, 6.07) is 0. The number of carbonyl (C=O) groups excluding carboxylic acids is 1. The van der Waals surface area contributed by atoms with Gasteiger partial charge >= 0.3 is 23.5 Å². The van der Waals surface area contributed by atoms with Crippen molar-refractivity contribution in [1.82, 2.24) is 29.6 Å². The molecule has 14 nitrogen and oxygen atoms in total. The van der Waals surface area contributed by atoms with Crippen molar-refractivity contribution in [1.29, 1.82) is 0 Å². The van der Waals surface area contributed by atoms with Crippen LogP contribution in [0.25, 0.3) is 11.6 Å². The maximum atomic E-state index is 12.8. The van der Waals surface area contributed by atoms with Gasteiger partial charge in [-0.15, -0.1) is 0 Å². The van der Waals surface area contributed by atoms with E-state index in [4.69, 9.17) is 0 Å². The molecule has 0 bridgehead atoms. The summed E-state index contributed by atoms with van der Waals surface area (Å²) in [5.74, 6) is -4.27. The molecule has 0 saturated carbocycles. The first-order valence-corrected chi connectivity index (χ1v) is 5.53. The molecule has 23 heavy (non-hydrogen) atoms. The molecule has 0 aliphatic carbocycles. The molecule has 0 radical (unpaired) electrons. The quantitative estimate of drug-likeness (QED) is 0.387. The van der Waals surface area contributed by atoms with Gasteiger partial charge in [-0.2, -0.15) is 4.68 Å². The summed E-state index contributed by atoms with van der Waals surface area (Å²) in [4.78, 5) is 36.5. The van der Waals surface area contributed by atoms with E-state index in [9.17, 15) is 34.0 Å². The average molecular weight is 333 g/mol. The van der Waals surface area contributed by atoms with E-state index in [0.717, 1.165) is 6.92 Å². The molecule has 0 amide bonds. The molecule has 0 spiro atoms. The van der Waals surface area contributed by atoms with E-state index in [2.05, 4.69) is 20.2 Å². The Hall–Kier alpha value is -3.59. The van der Waals surface area contributed by atoms with Crippen molar-refractivity contribution in [3.05, 3.63) is 20.2 Å². The van der Waals surface area contributed by atoms with E-state index in [0.29, 0.717) is 4.68 Å². The van der Waals surface area contributed by atoms with Crippen LogP contribution in [0, 0.1) is 20.2 Å². The number of carbonyl (C=O) groups is 1. The van der Waals surface area contributed by atoms with Gasteiger partial charge in [-0.05, 0) is 40.5 Å². The molecule has 0 aliphatic rings. The molecule has 2 aromatic rings. The van der Waals surface area contributed by atoms with Gasteiger partial charge < -0.3 is 20.2 Å². The molecule has 0 saturated heterocycles. The van der Waals surface area contributed by atoms with Gasteiger partial charge in [-0.1, -0.05) is 0 Å². The van der Waals surface area contributed by atoms with Gasteiger partial charge in [0.1, 0.15) is 6.54 Å². The first-order chi connectivity index (χ1) is 10.7. The van der Waals surface area contributed by atoms with Gasteiger partial charge in [0.15, 0.2) is 5.78 Å². The van der Waals surface area contributed by atoms with E-state index in [-0.39, 0.29) is 4.79 Å². The number of nitro groups is 2. The highest BCUT2D eigenvalue weighted by Gasteiger charge is 2.36. The Morgan fingerprint density at radius 2 is 1.65 bits per heavy atom. The van der Waals surface area contributed by atoms with Crippen molar-refractivity contribution in [2.45, 2.75) is 13.5 Å². The second-order valence-corrected chi connectivity index (χ2v) is 3.95. The molecular weight excluding hydrogens is 328 g/mol. The highest BCUT2D eigenvalue weighted by molar-refractivity contribution is 5.75. The first kappa shape index (κ1) is 15.8. The maximum absolute atomic E-state index is 12.8. The lowest BCUT2D eigenvalue weighted by Crippen LogP contribution is -2.20. The summed E-state index contributed by atoms with van der Waals surface area (Å²) in [6.07, 6.45) is 0. The summed E-state index contributed by atoms with van der Waals surface area (Å²) >= 11 is 0. The monoisotopic (exact) mass is 333 g/mol. The minimum absolute atomic E-state index is 0.303. The molecule has 122 valence electrons. The van der Waals surface area contributed by atoms with Crippen LogP contribution in [0.4, 0.5) is 20.9 Å². The minimum atomic E-state index is -1.64. The number of halogens is 2. The van der Waals surface area contributed by atoms with Crippen LogP contribution in [0.3, 0.4) is 0 Å². The fourth-order valence-electron chi connectivity index (χ4n) is 1.51. The van der Waals surface area contributed by atoms with Crippen LogP contribution in [0.1, 0.15) is 6.92 Å². The van der Waals surface area contributed by atoms with Gasteiger partial charge in [0.25, 0.3) is 0 Å². The smallest absolute Gasteiger partial charge is 0.390 e. The van der Waals surface area contributed by atoms with Gasteiger partial charge in [-0.25, -0.2) is 0 Å². The number of ketones is 1. The van der Waals surface area contributed by atoms with Crippen LogP contribution in [0.2, 0.25) is 0 Å². The van der Waals surface area contributed by atoms with Crippen LogP contribution in [0.5, 0.6) is 0 Å². The highest BCUT2D eigenvalue weighted by Crippen LogP contribution is 2.21. The van der Waals surface area contributed by atoms with Gasteiger partial charge in [0.05, 0.1) is 10.6 Å². The molecule has 2 aromatic heterocycles. The lowest BCUT2D eigenvalue weighted by Gasteiger charge is -1.98. The van der Waals surface area contributed by atoms with E-state index in [1.807, 2.05) is 0 Å². The topological polar surface area (TPSA) is 168 Å². The number of Topliss-reactive ketones (excluding diaryl/α,β-unsaturated/α-hetero) is 1. The Morgan fingerprint density at radius 3 is 2.13 bits per heavy atom. The van der Waals surface area contributed by atoms with Gasteiger partial charge in [-0.3, -0.25) is 4.79 Å². The number of hydrogen-bond donors (Lipinski definition) is 0. The SMILES string of the molecule is CC(=O)Cn1nc([N+](=O)[O-])nc1-c1nc([N+](=O)[O-])nn1N(F)F. The highest BCUT2D eigenvalue weighted by atomic mass is 19.4. The molecule has 0 atom stereocenters. The summed E-state index contributed by atoms with van der Waals surface area (Å²) in [5, 5.41) is 27.5. The standard InChI is InChI=1S/C7H5F2N9O5/c1-3(19)2-14-4(10-6(12-14)16(20)21)5-11-7(17(22)23)13-15(5)18(8)9/h2H2,1H3. The van der Waals surface area contributed by atoms with Crippen LogP contribution in [0.15, 0.2) is 0 Å². The lowest BCUT2D eigenvalue weighted by atomic mass is 10.4. The Morgan fingerprint density at radius 1 is 1.13 bits per heavy atom. The Balaban J connectivity index is 2.66. The average Bonchev–Trinajstić information content (AvgIpc) is 3.01. The van der Waals surface area contributed by atoms with Crippen molar-refractivity contribution in [2.75, 3.05) is 5.45 Å². The second kappa shape index (κ2) is 5.66. The van der Waals surface area contributed by atoms with Crippen molar-refractivity contribution < 1.29 is 23.6 Å². The summed E-state index contributed by atoms with van der Waals surface area (Å²) in [7, 11) is 0. The fraction of sp³-hybridized carbons (Fsp3) is 0.286. The van der Waals surface area contributed by atoms with Crippen molar-refractivity contribution in [2.24, 2.45) is 0 Å². The number of rotatable bonds is 6. The number of nitrogens with zero attached hydrogens (tertiary/aromatic N) is 9. The zero-order valence-electron chi connectivity index (χ0n) is 11.0. The van der Waals surface area contributed by atoms with Gasteiger partial charge in [0, 0.05) is 5.10 Å². The second-order valence-electron chi connectivity index (χ2n) is 3.95. The first-order valence-electron chi connectivity index (χ1n) is 5.53. The number of hydrogen-bond acceptors (Lipinski definition) is 10. The molecule has 0 aliphatic heterocycles. The predicted molar refractivity (Wildman–Crippen MR) is 63.5 cm³/mol. The number of aromatic nitrogens is 6. The molecule has 2 heterocycles. The van der Waals surface area contributed by atoms with Crippen molar-refractivity contribution in [3.63, 3.8) is 0 Å². The van der Waals surface area contributed by atoms with E-state index >= 15 is 0 Å².